The highest BCUT2D eigenvalue weighted by Gasteiger charge is 2.23. The van der Waals surface area contributed by atoms with Crippen LogP contribution in [0, 0.1) is 5.92 Å². The Kier molecular flexibility index (Phi) is 4.50. The smallest absolute Gasteiger partial charge is 0.223 e. The van der Waals surface area contributed by atoms with Crippen molar-refractivity contribution in [3.05, 3.63) is 16.6 Å². The van der Waals surface area contributed by atoms with Crippen molar-refractivity contribution in [3.63, 3.8) is 0 Å². The Balaban J connectivity index is 1.67. The average Bonchev–Trinajstić information content (AvgIpc) is 2.83. The number of aromatic nitrogens is 1. The minimum Gasteiger partial charge on any atom is -0.355 e. The monoisotopic (exact) mass is 253 g/mol. The summed E-state index contributed by atoms with van der Waals surface area (Å²) in [7, 11) is 0. The van der Waals surface area contributed by atoms with Crippen molar-refractivity contribution in [2.24, 2.45) is 11.7 Å². The standard InChI is InChI=1S/C12H19N3OS/c13-10-3-1-9(2-4-10)12(16)14-6-5-11-7-17-8-15-11/h7-10H,1-6,13H2,(H,14,16). The highest BCUT2D eigenvalue weighted by Crippen LogP contribution is 2.23. The molecule has 1 amide bonds. The SMILES string of the molecule is NC1CCC(C(=O)NCCc2cscn2)CC1. The van der Waals surface area contributed by atoms with E-state index in [-0.39, 0.29) is 11.8 Å². The van der Waals surface area contributed by atoms with Gasteiger partial charge in [0.05, 0.1) is 11.2 Å². The summed E-state index contributed by atoms with van der Waals surface area (Å²) in [4.78, 5) is 16.0. The van der Waals surface area contributed by atoms with Gasteiger partial charge in [-0.15, -0.1) is 11.3 Å². The van der Waals surface area contributed by atoms with Gasteiger partial charge >= 0.3 is 0 Å². The highest BCUT2D eigenvalue weighted by molar-refractivity contribution is 7.07. The number of nitrogens with one attached hydrogen (secondary N) is 1. The molecule has 4 nitrogen and oxygen atoms in total. The fourth-order valence-electron chi connectivity index (χ4n) is 2.20. The van der Waals surface area contributed by atoms with Crippen LogP contribution in [0.15, 0.2) is 10.9 Å². The van der Waals surface area contributed by atoms with E-state index in [1.165, 1.54) is 0 Å². The van der Waals surface area contributed by atoms with Gasteiger partial charge in [0.1, 0.15) is 0 Å². The van der Waals surface area contributed by atoms with Crippen LogP contribution in [0.5, 0.6) is 0 Å². The summed E-state index contributed by atoms with van der Waals surface area (Å²) in [5.74, 6) is 0.359. The van der Waals surface area contributed by atoms with Crippen molar-refractivity contribution < 1.29 is 4.79 Å². The van der Waals surface area contributed by atoms with Crippen LogP contribution in [0.2, 0.25) is 0 Å². The molecule has 94 valence electrons. The normalized spacial score (nSPS) is 24.5. The predicted octanol–water partition coefficient (Wildman–Crippen LogP) is 1.32. The van der Waals surface area contributed by atoms with Gasteiger partial charge in [-0.3, -0.25) is 4.79 Å². The first-order valence-corrected chi connectivity index (χ1v) is 7.10. The lowest BCUT2D eigenvalue weighted by Gasteiger charge is -2.25. The van der Waals surface area contributed by atoms with Crippen LogP contribution in [0.25, 0.3) is 0 Å². The van der Waals surface area contributed by atoms with Gasteiger partial charge in [0.25, 0.3) is 0 Å². The molecule has 0 atom stereocenters. The minimum atomic E-state index is 0.172. The molecule has 1 aromatic heterocycles. The molecule has 17 heavy (non-hydrogen) atoms. The van der Waals surface area contributed by atoms with E-state index in [9.17, 15) is 4.79 Å². The van der Waals surface area contributed by atoms with Crippen LogP contribution in [0.1, 0.15) is 31.4 Å². The molecule has 1 aromatic rings. The van der Waals surface area contributed by atoms with E-state index in [0.717, 1.165) is 37.8 Å². The quantitative estimate of drug-likeness (QED) is 0.850. The van der Waals surface area contributed by atoms with Crippen molar-refractivity contribution in [2.45, 2.75) is 38.1 Å². The summed E-state index contributed by atoms with van der Waals surface area (Å²) in [6.07, 6.45) is 4.64. The van der Waals surface area contributed by atoms with Gasteiger partial charge in [-0.1, -0.05) is 0 Å². The zero-order valence-corrected chi connectivity index (χ0v) is 10.7. The summed E-state index contributed by atoms with van der Waals surface area (Å²) < 4.78 is 0. The number of thiazole rings is 1. The zero-order chi connectivity index (χ0) is 12.1. The molecule has 1 heterocycles. The second-order valence-electron chi connectivity index (χ2n) is 4.63. The second-order valence-corrected chi connectivity index (χ2v) is 5.35. The molecule has 0 saturated heterocycles. The largest absolute Gasteiger partial charge is 0.355 e. The van der Waals surface area contributed by atoms with E-state index < -0.39 is 0 Å². The van der Waals surface area contributed by atoms with E-state index in [0.29, 0.717) is 12.6 Å². The average molecular weight is 253 g/mol. The van der Waals surface area contributed by atoms with Gasteiger partial charge in [-0.25, -0.2) is 4.98 Å². The van der Waals surface area contributed by atoms with Gasteiger partial charge in [0.15, 0.2) is 0 Å². The molecule has 2 rings (SSSR count). The van der Waals surface area contributed by atoms with Crippen molar-refractivity contribution in [1.29, 1.82) is 0 Å². The van der Waals surface area contributed by atoms with Crippen LogP contribution >= 0.6 is 11.3 Å². The Bertz CT molecular complexity index is 345. The molecule has 0 aromatic carbocycles. The summed E-state index contributed by atoms with van der Waals surface area (Å²) in [5.41, 5.74) is 8.70. The summed E-state index contributed by atoms with van der Waals surface area (Å²) in [6.45, 7) is 0.686. The highest BCUT2D eigenvalue weighted by atomic mass is 32.1. The number of hydrogen-bond acceptors (Lipinski definition) is 4. The Morgan fingerprint density at radius 3 is 2.88 bits per heavy atom. The third-order valence-electron chi connectivity index (χ3n) is 3.31. The maximum atomic E-state index is 11.9. The number of nitrogens with zero attached hydrogens (tertiary/aromatic N) is 1. The second kappa shape index (κ2) is 6.12. The summed E-state index contributed by atoms with van der Waals surface area (Å²) in [5, 5.41) is 5.01. The third kappa shape index (κ3) is 3.78. The first-order valence-electron chi connectivity index (χ1n) is 6.16. The molecule has 0 unspecified atom stereocenters. The number of carbonyl (C=O) groups excluding carboxylic acids is 1. The van der Waals surface area contributed by atoms with E-state index in [1.807, 2.05) is 10.9 Å². The van der Waals surface area contributed by atoms with Gasteiger partial charge in [0, 0.05) is 30.3 Å². The molecule has 1 aliphatic carbocycles. The lowest BCUT2D eigenvalue weighted by atomic mass is 9.86. The Morgan fingerprint density at radius 2 is 2.24 bits per heavy atom. The fourth-order valence-corrected chi connectivity index (χ4v) is 2.79. The van der Waals surface area contributed by atoms with Gasteiger partial charge in [-0.05, 0) is 25.7 Å². The van der Waals surface area contributed by atoms with E-state index >= 15 is 0 Å². The maximum Gasteiger partial charge on any atom is 0.223 e. The van der Waals surface area contributed by atoms with E-state index in [4.69, 9.17) is 5.73 Å². The molecule has 1 aliphatic rings. The van der Waals surface area contributed by atoms with E-state index in [1.54, 1.807) is 11.3 Å². The molecule has 1 fully saturated rings. The molecule has 0 spiro atoms. The first-order chi connectivity index (χ1) is 8.25. The van der Waals surface area contributed by atoms with Gasteiger partial charge in [0.2, 0.25) is 5.91 Å². The van der Waals surface area contributed by atoms with Crippen molar-refractivity contribution in [3.8, 4) is 0 Å². The predicted molar refractivity (Wildman–Crippen MR) is 68.8 cm³/mol. The van der Waals surface area contributed by atoms with Crippen LogP contribution in [0.3, 0.4) is 0 Å². The Hall–Kier alpha value is -0.940. The van der Waals surface area contributed by atoms with Crippen LogP contribution < -0.4 is 11.1 Å². The first kappa shape index (κ1) is 12.5. The lowest BCUT2D eigenvalue weighted by molar-refractivity contribution is -0.125. The molecule has 0 radical (unpaired) electrons. The van der Waals surface area contributed by atoms with Crippen molar-refractivity contribution in [2.75, 3.05) is 6.54 Å². The molecule has 1 saturated carbocycles. The molecular weight excluding hydrogens is 234 g/mol. The fraction of sp³-hybridized carbons (Fsp3) is 0.667. The number of nitrogens with two attached hydrogens (primary N) is 1. The van der Waals surface area contributed by atoms with Gasteiger partial charge < -0.3 is 11.1 Å². The van der Waals surface area contributed by atoms with Crippen molar-refractivity contribution in [1.82, 2.24) is 10.3 Å². The molecule has 5 heteroatoms. The minimum absolute atomic E-state index is 0.172. The lowest BCUT2D eigenvalue weighted by Crippen LogP contribution is -2.37. The Labute approximate surface area is 106 Å². The van der Waals surface area contributed by atoms with Crippen molar-refractivity contribution >= 4 is 17.2 Å². The molecule has 3 N–H and O–H groups in total. The van der Waals surface area contributed by atoms with Gasteiger partial charge in [-0.2, -0.15) is 0 Å². The zero-order valence-electron chi connectivity index (χ0n) is 9.89. The number of amides is 1. The van der Waals surface area contributed by atoms with E-state index in [2.05, 4.69) is 10.3 Å². The Morgan fingerprint density at radius 1 is 1.47 bits per heavy atom. The molecular formula is C12H19N3OS. The third-order valence-corrected chi connectivity index (χ3v) is 3.94. The number of carbonyl (C=O) groups is 1. The van der Waals surface area contributed by atoms with Crippen LogP contribution in [-0.4, -0.2) is 23.5 Å². The van der Waals surface area contributed by atoms with Crippen LogP contribution in [-0.2, 0) is 11.2 Å². The maximum absolute atomic E-state index is 11.9. The summed E-state index contributed by atoms with van der Waals surface area (Å²) in [6, 6.07) is 0.300. The van der Waals surface area contributed by atoms with Crippen LogP contribution in [0.4, 0.5) is 0 Å². The number of hydrogen-bond donors (Lipinski definition) is 2. The summed E-state index contributed by atoms with van der Waals surface area (Å²) >= 11 is 1.59. The molecule has 0 bridgehead atoms. The molecule has 0 aliphatic heterocycles. The topological polar surface area (TPSA) is 68.0 Å². The number of rotatable bonds is 4.